The molecule has 1 aliphatic heterocycles. The number of nitrogens with one attached hydrogen (secondary N) is 1. The van der Waals surface area contributed by atoms with Gasteiger partial charge in [-0.1, -0.05) is 29.8 Å². The van der Waals surface area contributed by atoms with Gasteiger partial charge in [0.25, 0.3) is 0 Å². The monoisotopic (exact) mass is 289 g/mol. The molecule has 1 heterocycles. The van der Waals surface area contributed by atoms with E-state index in [0.29, 0.717) is 17.1 Å². The molecule has 0 aliphatic carbocycles. The molecule has 0 aromatic heterocycles. The van der Waals surface area contributed by atoms with Crippen molar-refractivity contribution in [3.63, 3.8) is 0 Å². The first-order chi connectivity index (χ1) is 8.57. The van der Waals surface area contributed by atoms with E-state index in [2.05, 4.69) is 4.72 Å². The Morgan fingerprint density at radius 3 is 2.83 bits per heavy atom. The number of halogens is 1. The Morgan fingerprint density at radius 2 is 2.17 bits per heavy atom. The van der Waals surface area contributed by atoms with Gasteiger partial charge in [-0.05, 0) is 24.5 Å². The number of benzene rings is 1. The zero-order valence-electron chi connectivity index (χ0n) is 9.93. The fourth-order valence-corrected chi connectivity index (χ4v) is 3.38. The maximum atomic E-state index is 11.9. The van der Waals surface area contributed by atoms with Gasteiger partial charge >= 0.3 is 0 Å². The average molecular weight is 290 g/mol. The van der Waals surface area contributed by atoms with Crippen molar-refractivity contribution < 1.29 is 13.2 Å². The molecule has 1 saturated heterocycles. The van der Waals surface area contributed by atoms with Crippen molar-refractivity contribution >= 4 is 21.6 Å². The Balaban J connectivity index is 1.92. The van der Waals surface area contributed by atoms with Gasteiger partial charge in [0.2, 0.25) is 10.0 Å². The van der Waals surface area contributed by atoms with Crippen molar-refractivity contribution in [1.82, 2.24) is 4.72 Å². The molecule has 0 bridgehead atoms. The van der Waals surface area contributed by atoms with E-state index in [0.717, 1.165) is 19.4 Å². The molecule has 2 rings (SSSR count). The second-order valence-electron chi connectivity index (χ2n) is 4.33. The van der Waals surface area contributed by atoms with Crippen LogP contribution in [0.25, 0.3) is 0 Å². The fourth-order valence-electron chi connectivity index (χ4n) is 1.90. The van der Waals surface area contributed by atoms with Gasteiger partial charge in [-0.15, -0.1) is 0 Å². The Labute approximate surface area is 112 Å². The van der Waals surface area contributed by atoms with Crippen LogP contribution in [0.15, 0.2) is 24.3 Å². The summed E-state index contributed by atoms with van der Waals surface area (Å²) in [5.41, 5.74) is 0.610. The van der Waals surface area contributed by atoms with Crippen LogP contribution in [0.2, 0.25) is 5.02 Å². The van der Waals surface area contributed by atoms with Crippen molar-refractivity contribution in [2.75, 3.05) is 13.2 Å². The van der Waals surface area contributed by atoms with Gasteiger partial charge in [0.1, 0.15) is 0 Å². The Morgan fingerprint density at radius 1 is 1.39 bits per heavy atom. The summed E-state index contributed by atoms with van der Waals surface area (Å²) in [6.45, 7) is 1.06. The molecular formula is C12H16ClNO3S. The maximum Gasteiger partial charge on any atom is 0.215 e. The van der Waals surface area contributed by atoms with Gasteiger partial charge in [0.05, 0.1) is 11.9 Å². The Hall–Kier alpha value is -0.620. The SMILES string of the molecule is O=S(=O)(Cc1ccccc1Cl)NCC1CCCO1. The van der Waals surface area contributed by atoms with Crippen molar-refractivity contribution in [3.8, 4) is 0 Å². The number of sulfonamides is 1. The van der Waals surface area contributed by atoms with Crippen molar-refractivity contribution in [1.29, 1.82) is 0 Å². The first-order valence-corrected chi connectivity index (χ1v) is 7.92. The standard InChI is InChI=1S/C12H16ClNO3S/c13-12-6-2-1-4-10(12)9-18(15,16)14-8-11-5-3-7-17-11/h1-2,4,6,11,14H,3,5,7-9H2. The fraction of sp³-hybridized carbons (Fsp3) is 0.500. The van der Waals surface area contributed by atoms with Crippen LogP contribution in [0.3, 0.4) is 0 Å². The van der Waals surface area contributed by atoms with Crippen LogP contribution >= 0.6 is 11.6 Å². The molecule has 1 unspecified atom stereocenters. The van der Waals surface area contributed by atoms with E-state index in [4.69, 9.17) is 16.3 Å². The second kappa shape index (κ2) is 6.02. The zero-order chi connectivity index (χ0) is 13.0. The largest absolute Gasteiger partial charge is 0.377 e. The van der Waals surface area contributed by atoms with Gasteiger partial charge in [-0.2, -0.15) is 0 Å². The topological polar surface area (TPSA) is 55.4 Å². The molecule has 100 valence electrons. The van der Waals surface area contributed by atoms with Crippen LogP contribution in [0.1, 0.15) is 18.4 Å². The molecule has 1 atom stereocenters. The normalized spacial score (nSPS) is 20.2. The van der Waals surface area contributed by atoms with E-state index in [9.17, 15) is 8.42 Å². The van der Waals surface area contributed by atoms with Crippen LogP contribution in [-0.2, 0) is 20.5 Å². The van der Waals surface area contributed by atoms with E-state index in [1.807, 2.05) is 0 Å². The van der Waals surface area contributed by atoms with E-state index in [1.165, 1.54) is 0 Å². The molecule has 1 aromatic rings. The van der Waals surface area contributed by atoms with Crippen LogP contribution in [0.4, 0.5) is 0 Å². The third-order valence-electron chi connectivity index (χ3n) is 2.86. The van der Waals surface area contributed by atoms with Crippen LogP contribution in [0.5, 0.6) is 0 Å². The van der Waals surface area contributed by atoms with E-state index in [-0.39, 0.29) is 11.9 Å². The number of rotatable bonds is 5. The minimum Gasteiger partial charge on any atom is -0.377 e. The summed E-state index contributed by atoms with van der Waals surface area (Å²) >= 11 is 5.94. The highest BCUT2D eigenvalue weighted by molar-refractivity contribution is 7.88. The first kappa shape index (κ1) is 13.8. The summed E-state index contributed by atoms with van der Waals surface area (Å²) in [5.74, 6) is -0.0978. The van der Waals surface area contributed by atoms with Crippen molar-refractivity contribution in [2.24, 2.45) is 0 Å². The summed E-state index contributed by atoms with van der Waals surface area (Å²) < 4.78 is 31.7. The Kier molecular flexibility index (Phi) is 4.61. The highest BCUT2D eigenvalue weighted by Crippen LogP contribution is 2.17. The third-order valence-corrected chi connectivity index (χ3v) is 4.52. The minimum atomic E-state index is -3.36. The van der Waals surface area contributed by atoms with Gasteiger partial charge in [0, 0.05) is 18.2 Å². The highest BCUT2D eigenvalue weighted by atomic mass is 35.5. The van der Waals surface area contributed by atoms with Gasteiger partial charge in [0.15, 0.2) is 0 Å². The summed E-state index contributed by atoms with van der Waals surface area (Å²) in [6.07, 6.45) is 1.91. The number of ether oxygens (including phenoxy) is 1. The lowest BCUT2D eigenvalue weighted by molar-refractivity contribution is 0.114. The maximum absolute atomic E-state index is 11.9. The summed E-state index contributed by atoms with van der Waals surface area (Å²) in [4.78, 5) is 0. The first-order valence-electron chi connectivity index (χ1n) is 5.89. The molecule has 0 amide bonds. The van der Waals surface area contributed by atoms with Crippen molar-refractivity contribution in [3.05, 3.63) is 34.9 Å². The molecule has 0 radical (unpaired) electrons. The lowest BCUT2D eigenvalue weighted by atomic mass is 10.2. The third kappa shape index (κ3) is 3.95. The Bertz CT molecular complexity index is 498. The van der Waals surface area contributed by atoms with Gasteiger partial charge < -0.3 is 4.74 Å². The summed E-state index contributed by atoms with van der Waals surface area (Å²) in [6, 6.07) is 6.95. The summed E-state index contributed by atoms with van der Waals surface area (Å²) in [5, 5.41) is 0.472. The molecule has 1 aromatic carbocycles. The highest BCUT2D eigenvalue weighted by Gasteiger charge is 2.19. The molecule has 6 heteroatoms. The second-order valence-corrected chi connectivity index (χ2v) is 6.55. The lowest BCUT2D eigenvalue weighted by Gasteiger charge is -2.11. The lowest BCUT2D eigenvalue weighted by Crippen LogP contribution is -2.32. The predicted octanol–water partition coefficient (Wildman–Crippen LogP) is 1.94. The molecule has 1 aliphatic rings. The van der Waals surface area contributed by atoms with Gasteiger partial charge in [-0.25, -0.2) is 13.1 Å². The molecule has 4 nitrogen and oxygen atoms in total. The quantitative estimate of drug-likeness (QED) is 0.901. The molecule has 0 spiro atoms. The summed E-state index contributed by atoms with van der Waals surface area (Å²) in [7, 11) is -3.36. The zero-order valence-corrected chi connectivity index (χ0v) is 11.5. The van der Waals surface area contributed by atoms with E-state index >= 15 is 0 Å². The van der Waals surface area contributed by atoms with Crippen molar-refractivity contribution in [2.45, 2.75) is 24.7 Å². The number of hydrogen-bond donors (Lipinski definition) is 1. The minimum absolute atomic E-state index is 0.00557. The molecule has 18 heavy (non-hydrogen) atoms. The average Bonchev–Trinajstić information content (AvgIpc) is 2.83. The molecule has 0 saturated carbocycles. The van der Waals surface area contributed by atoms with Crippen LogP contribution < -0.4 is 4.72 Å². The van der Waals surface area contributed by atoms with Crippen LogP contribution in [0, 0.1) is 0 Å². The van der Waals surface area contributed by atoms with E-state index < -0.39 is 10.0 Å². The number of hydrogen-bond acceptors (Lipinski definition) is 3. The molecular weight excluding hydrogens is 274 g/mol. The van der Waals surface area contributed by atoms with E-state index in [1.54, 1.807) is 24.3 Å². The molecule has 1 fully saturated rings. The van der Waals surface area contributed by atoms with Crippen LogP contribution in [-0.4, -0.2) is 27.7 Å². The smallest absolute Gasteiger partial charge is 0.215 e. The predicted molar refractivity (Wildman–Crippen MR) is 71.1 cm³/mol. The van der Waals surface area contributed by atoms with Gasteiger partial charge in [-0.3, -0.25) is 0 Å². The molecule has 1 N–H and O–H groups in total.